The molecule has 2 aliphatic heterocycles. The van der Waals surface area contributed by atoms with Crippen LogP contribution in [-0.4, -0.2) is 87.4 Å². The Kier molecular flexibility index (Phi) is 9.30. The summed E-state index contributed by atoms with van der Waals surface area (Å²) in [5.41, 5.74) is -3.44. The van der Waals surface area contributed by atoms with Gasteiger partial charge in [0.25, 0.3) is 5.91 Å². The third-order valence-electron chi connectivity index (χ3n) is 5.71. The van der Waals surface area contributed by atoms with Crippen molar-refractivity contribution < 1.29 is 38.3 Å². The molecule has 226 valence electrons. The minimum absolute atomic E-state index is 0.0104. The number of hydrogen-bond donors (Lipinski definition) is 3. The maximum atomic E-state index is 13.4. The Bertz CT molecular complexity index is 1230. The topological polar surface area (TPSA) is 178 Å². The molecule has 2 saturated heterocycles. The van der Waals surface area contributed by atoms with Crippen LogP contribution in [0.1, 0.15) is 73.9 Å². The number of anilines is 1. The molecule has 0 aliphatic carbocycles. The van der Waals surface area contributed by atoms with E-state index in [1.54, 1.807) is 46.4 Å². The van der Waals surface area contributed by atoms with Gasteiger partial charge in [-0.2, -0.15) is 0 Å². The highest BCUT2D eigenvalue weighted by Gasteiger charge is 2.43. The Balaban J connectivity index is 1.82. The van der Waals surface area contributed by atoms with E-state index in [4.69, 9.17) is 14.3 Å². The fourth-order valence-corrected chi connectivity index (χ4v) is 4.42. The predicted octanol–water partition coefficient (Wildman–Crippen LogP) is 1.94. The number of carbonyl (C=O) groups is 5. The fraction of sp³-hybridized carbons (Fsp3) is 0.654. The summed E-state index contributed by atoms with van der Waals surface area (Å²) in [6, 6.07) is -1.42. The zero-order valence-corrected chi connectivity index (χ0v) is 25.4. The molecule has 0 aromatic carbocycles. The molecule has 1 aromatic rings. The average molecular weight is 595 g/mol. The second-order valence-electron chi connectivity index (χ2n) is 12.2. The molecule has 3 rings (SSSR count). The number of amides is 4. The highest BCUT2D eigenvalue weighted by molar-refractivity contribution is 7.14. The van der Waals surface area contributed by atoms with Gasteiger partial charge < -0.3 is 29.8 Å². The highest BCUT2D eigenvalue weighted by Crippen LogP contribution is 2.22. The van der Waals surface area contributed by atoms with Crippen molar-refractivity contribution in [3.63, 3.8) is 0 Å². The van der Waals surface area contributed by atoms with Crippen molar-refractivity contribution in [2.75, 3.05) is 18.4 Å². The lowest BCUT2D eigenvalue weighted by atomic mass is 9.98. The van der Waals surface area contributed by atoms with E-state index in [1.165, 1.54) is 19.2 Å². The smallest absolute Gasteiger partial charge is 0.413 e. The van der Waals surface area contributed by atoms with E-state index in [-0.39, 0.29) is 29.0 Å². The van der Waals surface area contributed by atoms with Gasteiger partial charge in [-0.3, -0.25) is 19.7 Å². The SMILES string of the molecule is CC(C)(C)OC(=O)Nc1nc(/C(=N/OC(C)(C)C(=O)OC(C)(C)C)C(=O)N[C@@H]2C(=O)N[C@@H]2CN2CCCC2=O)cs1. The van der Waals surface area contributed by atoms with Crippen LogP contribution in [0.5, 0.6) is 0 Å². The molecule has 0 unspecified atom stereocenters. The number of nitrogens with one attached hydrogen (secondary N) is 3. The Hall–Kier alpha value is -3.75. The number of oxime groups is 1. The zero-order valence-electron chi connectivity index (χ0n) is 24.6. The minimum Gasteiger partial charge on any atom is -0.457 e. The fourth-order valence-electron chi connectivity index (χ4n) is 3.74. The third kappa shape index (κ3) is 8.87. The summed E-state index contributed by atoms with van der Waals surface area (Å²) >= 11 is 1.00. The van der Waals surface area contributed by atoms with Crippen molar-refractivity contribution in [3.8, 4) is 0 Å². The number of likely N-dealkylation sites (tertiary alicyclic amines) is 1. The summed E-state index contributed by atoms with van der Waals surface area (Å²) in [5, 5.41) is 13.4. The van der Waals surface area contributed by atoms with Crippen LogP contribution in [0.25, 0.3) is 0 Å². The van der Waals surface area contributed by atoms with Crippen LogP contribution in [0.4, 0.5) is 9.93 Å². The molecule has 0 spiro atoms. The molecule has 2 aliphatic rings. The molecule has 3 heterocycles. The zero-order chi connectivity index (χ0) is 30.8. The van der Waals surface area contributed by atoms with Gasteiger partial charge in [0.15, 0.2) is 10.8 Å². The van der Waals surface area contributed by atoms with Crippen molar-refractivity contribution in [1.29, 1.82) is 0 Å². The number of esters is 1. The van der Waals surface area contributed by atoms with Crippen LogP contribution in [0.15, 0.2) is 10.5 Å². The first kappa shape index (κ1) is 31.8. The molecule has 0 bridgehead atoms. The van der Waals surface area contributed by atoms with Crippen LogP contribution in [0, 0.1) is 0 Å². The second kappa shape index (κ2) is 12.0. The largest absolute Gasteiger partial charge is 0.457 e. The lowest BCUT2D eigenvalue weighted by molar-refractivity contribution is -0.179. The number of carbonyl (C=O) groups excluding carboxylic acids is 5. The van der Waals surface area contributed by atoms with Crippen molar-refractivity contribution in [1.82, 2.24) is 20.5 Å². The van der Waals surface area contributed by atoms with Gasteiger partial charge >= 0.3 is 12.1 Å². The highest BCUT2D eigenvalue weighted by atomic mass is 32.1. The van der Waals surface area contributed by atoms with E-state index >= 15 is 0 Å². The van der Waals surface area contributed by atoms with Crippen LogP contribution in [0.2, 0.25) is 0 Å². The lowest BCUT2D eigenvalue weighted by Gasteiger charge is -2.39. The van der Waals surface area contributed by atoms with E-state index in [9.17, 15) is 24.0 Å². The molecule has 1 aromatic heterocycles. The van der Waals surface area contributed by atoms with E-state index in [0.29, 0.717) is 13.0 Å². The molecule has 3 N–H and O–H groups in total. The number of β-lactam (4-membered cyclic amide) rings is 1. The summed E-state index contributed by atoms with van der Waals surface area (Å²) in [5.74, 6) is -1.96. The van der Waals surface area contributed by atoms with Crippen molar-refractivity contribution >= 4 is 52.0 Å². The van der Waals surface area contributed by atoms with E-state index in [2.05, 4.69) is 26.1 Å². The number of nitrogens with zero attached hydrogens (tertiary/aromatic N) is 3. The molecule has 41 heavy (non-hydrogen) atoms. The molecule has 0 saturated carbocycles. The van der Waals surface area contributed by atoms with Gasteiger partial charge in [-0.05, 0) is 61.8 Å². The van der Waals surface area contributed by atoms with Gasteiger partial charge in [-0.15, -0.1) is 11.3 Å². The summed E-state index contributed by atoms with van der Waals surface area (Å²) in [4.78, 5) is 74.0. The molecular formula is C26H38N6O8S. The van der Waals surface area contributed by atoms with Gasteiger partial charge in [-0.1, -0.05) is 5.16 Å². The number of aromatic nitrogens is 1. The third-order valence-corrected chi connectivity index (χ3v) is 6.47. The number of hydrogen-bond acceptors (Lipinski definition) is 11. The maximum Gasteiger partial charge on any atom is 0.413 e. The van der Waals surface area contributed by atoms with Crippen molar-refractivity contribution in [2.24, 2.45) is 5.16 Å². The number of rotatable bonds is 9. The van der Waals surface area contributed by atoms with Crippen LogP contribution < -0.4 is 16.0 Å². The summed E-state index contributed by atoms with van der Waals surface area (Å²) < 4.78 is 10.6. The number of thiazole rings is 1. The monoisotopic (exact) mass is 594 g/mol. The van der Waals surface area contributed by atoms with Crippen LogP contribution in [0.3, 0.4) is 0 Å². The van der Waals surface area contributed by atoms with Crippen molar-refractivity contribution in [3.05, 3.63) is 11.1 Å². The van der Waals surface area contributed by atoms with Gasteiger partial charge in [0.05, 0.1) is 6.04 Å². The van der Waals surface area contributed by atoms with Crippen molar-refractivity contribution in [2.45, 2.75) is 97.1 Å². The Morgan fingerprint density at radius 1 is 1.10 bits per heavy atom. The standard InChI is InChI=1S/C26H38N6O8S/c1-24(2,3)38-21(36)26(7,8)40-31-18(15-13-41-22(28-15)30-23(37)39-25(4,5)6)20(35)29-17-14(27-19(17)34)12-32-11-9-10-16(32)33/h13-14,17H,9-12H2,1-8H3,(H,27,34)(H,29,35)(H,28,30,37)/b31-18-/t14-,17+/m1/s1. The molecule has 2 atom stereocenters. The maximum absolute atomic E-state index is 13.4. The van der Waals surface area contributed by atoms with E-state index in [1.807, 2.05) is 0 Å². The first-order valence-electron chi connectivity index (χ1n) is 13.2. The molecule has 14 nitrogen and oxygen atoms in total. The molecule has 4 amide bonds. The van der Waals surface area contributed by atoms with Crippen LogP contribution >= 0.6 is 11.3 Å². The quantitative estimate of drug-likeness (QED) is 0.167. The summed E-state index contributed by atoms with van der Waals surface area (Å²) in [6.07, 6.45) is 0.443. The first-order chi connectivity index (χ1) is 18.8. The van der Waals surface area contributed by atoms with E-state index in [0.717, 1.165) is 17.8 Å². The lowest BCUT2D eigenvalue weighted by Crippen LogP contribution is -2.72. The molecule has 15 heteroatoms. The van der Waals surface area contributed by atoms with Gasteiger partial charge in [0, 0.05) is 24.9 Å². The summed E-state index contributed by atoms with van der Waals surface area (Å²) in [6.45, 7) is 13.9. The molecule has 2 fully saturated rings. The Labute approximate surface area is 242 Å². The second-order valence-corrected chi connectivity index (χ2v) is 13.1. The molecule has 0 radical (unpaired) electrons. The van der Waals surface area contributed by atoms with Gasteiger partial charge in [0.2, 0.25) is 17.4 Å². The van der Waals surface area contributed by atoms with Crippen LogP contribution in [-0.2, 0) is 33.5 Å². The first-order valence-corrected chi connectivity index (χ1v) is 14.1. The van der Waals surface area contributed by atoms with Gasteiger partial charge in [-0.25, -0.2) is 14.6 Å². The van der Waals surface area contributed by atoms with E-state index < -0.39 is 52.8 Å². The Morgan fingerprint density at radius 3 is 2.32 bits per heavy atom. The predicted molar refractivity (Wildman–Crippen MR) is 149 cm³/mol. The minimum atomic E-state index is -1.58. The van der Waals surface area contributed by atoms with Gasteiger partial charge in [0.1, 0.15) is 22.9 Å². The number of ether oxygens (including phenoxy) is 2. The molecular weight excluding hydrogens is 556 g/mol. The normalized spacial score (nSPS) is 19.7. The Morgan fingerprint density at radius 2 is 1.76 bits per heavy atom. The summed E-state index contributed by atoms with van der Waals surface area (Å²) in [7, 11) is 0. The average Bonchev–Trinajstić information content (AvgIpc) is 3.43.